The third kappa shape index (κ3) is 5.77. The van der Waals surface area contributed by atoms with Crippen molar-refractivity contribution in [2.24, 2.45) is 0 Å². The van der Waals surface area contributed by atoms with Crippen molar-refractivity contribution in [3.05, 3.63) is 47.5 Å². The lowest BCUT2D eigenvalue weighted by Crippen LogP contribution is -2.40. The maximum atomic E-state index is 13.0. The van der Waals surface area contributed by atoms with Gasteiger partial charge in [-0.1, -0.05) is 23.7 Å². The topological polar surface area (TPSA) is 96.7 Å². The van der Waals surface area contributed by atoms with E-state index in [1.165, 1.54) is 16.6 Å². The van der Waals surface area contributed by atoms with E-state index < -0.39 is 18.2 Å². The molecule has 0 spiro atoms. The molecule has 2 aromatic carbocycles. The number of rotatable bonds is 8. The first-order valence-corrected chi connectivity index (χ1v) is 11.3. The van der Waals surface area contributed by atoms with Crippen molar-refractivity contribution in [1.82, 2.24) is 29.8 Å². The molecular weight excluding hydrogens is 499 g/mol. The Balaban J connectivity index is 1.77. The number of carbonyl (C=O) groups is 1. The number of nitrogens with zero attached hydrogens (tertiary/aromatic N) is 5. The molecule has 0 aliphatic carbocycles. The fourth-order valence-electron chi connectivity index (χ4n) is 3.47. The number of carbonyl (C=O) groups excluding carboxylic acids is 1. The van der Waals surface area contributed by atoms with Crippen molar-refractivity contribution in [2.45, 2.75) is 19.3 Å². The fourth-order valence-corrected chi connectivity index (χ4v) is 3.64. The highest BCUT2D eigenvalue weighted by Crippen LogP contribution is 2.35. The summed E-state index contributed by atoms with van der Waals surface area (Å²) in [6, 6.07) is 10.1. The Morgan fingerprint density at radius 3 is 2.67 bits per heavy atom. The van der Waals surface area contributed by atoms with Crippen LogP contribution in [-0.2, 0) is 4.79 Å². The maximum absolute atomic E-state index is 13.0. The van der Waals surface area contributed by atoms with Gasteiger partial charge in [-0.25, -0.2) is 9.97 Å². The largest absolute Gasteiger partial charge is 0.573 e. The summed E-state index contributed by atoms with van der Waals surface area (Å²) >= 11 is 6.06. The van der Waals surface area contributed by atoms with E-state index in [-0.39, 0.29) is 28.3 Å². The average Bonchev–Trinajstić information content (AvgIpc) is 3.25. The SMILES string of the molecule is C[C@@H](Nc1nc2ccccc2c2nc(-c3cc(Cl)ccc3OC(F)(F)F)nn12)C(=O)NCCN(C)C. The molecule has 0 saturated heterocycles. The highest BCUT2D eigenvalue weighted by Gasteiger charge is 2.33. The van der Waals surface area contributed by atoms with E-state index in [1.807, 2.05) is 19.0 Å². The van der Waals surface area contributed by atoms with Crippen LogP contribution in [0.3, 0.4) is 0 Å². The second kappa shape index (κ2) is 10.2. The van der Waals surface area contributed by atoms with Crippen LogP contribution in [0, 0.1) is 0 Å². The van der Waals surface area contributed by atoms with Crippen LogP contribution in [0.15, 0.2) is 42.5 Å². The Hall–Kier alpha value is -3.64. The van der Waals surface area contributed by atoms with E-state index in [0.29, 0.717) is 29.6 Å². The summed E-state index contributed by atoms with van der Waals surface area (Å²) in [5.74, 6) is -0.613. The zero-order chi connectivity index (χ0) is 26.0. The summed E-state index contributed by atoms with van der Waals surface area (Å²) in [5, 5.41) is 11.1. The summed E-state index contributed by atoms with van der Waals surface area (Å²) in [6.45, 7) is 2.80. The van der Waals surface area contributed by atoms with Crippen LogP contribution in [0.1, 0.15) is 6.92 Å². The Bertz CT molecular complexity index is 1410. The molecule has 0 aliphatic heterocycles. The van der Waals surface area contributed by atoms with Gasteiger partial charge >= 0.3 is 6.36 Å². The predicted molar refractivity (Wildman–Crippen MR) is 130 cm³/mol. The van der Waals surface area contributed by atoms with Gasteiger partial charge in [-0.2, -0.15) is 4.52 Å². The van der Waals surface area contributed by atoms with Crippen LogP contribution < -0.4 is 15.4 Å². The average molecular weight is 522 g/mol. The minimum atomic E-state index is -4.92. The molecule has 190 valence electrons. The van der Waals surface area contributed by atoms with Crippen LogP contribution in [0.5, 0.6) is 5.75 Å². The predicted octanol–water partition coefficient (Wildman–Crippen LogP) is 3.97. The van der Waals surface area contributed by atoms with Gasteiger partial charge in [0, 0.05) is 23.5 Å². The van der Waals surface area contributed by atoms with E-state index in [1.54, 1.807) is 31.2 Å². The van der Waals surface area contributed by atoms with Crippen LogP contribution in [0.2, 0.25) is 5.02 Å². The Morgan fingerprint density at radius 2 is 1.94 bits per heavy atom. The molecule has 2 aromatic heterocycles. The molecule has 0 saturated carbocycles. The Kier molecular flexibility index (Phi) is 7.18. The lowest BCUT2D eigenvalue weighted by molar-refractivity contribution is -0.274. The number of halogens is 4. The van der Waals surface area contributed by atoms with Gasteiger partial charge in [0.2, 0.25) is 11.9 Å². The van der Waals surface area contributed by atoms with Crippen molar-refractivity contribution < 1.29 is 22.7 Å². The number of hydrogen-bond acceptors (Lipinski definition) is 7. The highest BCUT2D eigenvalue weighted by molar-refractivity contribution is 6.30. The minimum Gasteiger partial charge on any atom is -0.405 e. The molecule has 13 heteroatoms. The molecule has 0 radical (unpaired) electrons. The monoisotopic (exact) mass is 521 g/mol. The van der Waals surface area contributed by atoms with Crippen molar-refractivity contribution in [3.8, 4) is 17.1 Å². The molecule has 0 fully saturated rings. The van der Waals surface area contributed by atoms with E-state index in [9.17, 15) is 18.0 Å². The molecule has 4 aromatic rings. The number of fused-ring (bicyclic) bond motifs is 3. The second-order valence-electron chi connectivity index (χ2n) is 8.27. The van der Waals surface area contributed by atoms with Gasteiger partial charge in [0.05, 0.1) is 11.1 Å². The Morgan fingerprint density at radius 1 is 1.19 bits per heavy atom. The molecule has 36 heavy (non-hydrogen) atoms. The van der Waals surface area contributed by atoms with Crippen molar-refractivity contribution in [1.29, 1.82) is 0 Å². The number of para-hydroxylation sites is 1. The van der Waals surface area contributed by atoms with Crippen molar-refractivity contribution in [3.63, 3.8) is 0 Å². The van der Waals surface area contributed by atoms with Crippen LogP contribution >= 0.6 is 11.6 Å². The normalized spacial score (nSPS) is 12.8. The molecule has 9 nitrogen and oxygen atoms in total. The molecular formula is C23H23ClF3N7O2. The van der Waals surface area contributed by atoms with Crippen molar-refractivity contribution >= 4 is 40.0 Å². The van der Waals surface area contributed by atoms with Gasteiger partial charge in [-0.3, -0.25) is 4.79 Å². The smallest absolute Gasteiger partial charge is 0.405 e. The Labute approximate surface area is 209 Å². The van der Waals surface area contributed by atoms with Crippen LogP contribution in [-0.4, -0.2) is 70.0 Å². The lowest BCUT2D eigenvalue weighted by atomic mass is 10.2. The van der Waals surface area contributed by atoms with Crippen LogP contribution in [0.4, 0.5) is 19.1 Å². The molecule has 2 N–H and O–H groups in total. The third-order valence-corrected chi connectivity index (χ3v) is 5.42. The molecule has 0 bridgehead atoms. The summed E-state index contributed by atoms with van der Waals surface area (Å²) < 4.78 is 44.5. The highest BCUT2D eigenvalue weighted by atomic mass is 35.5. The van der Waals surface area contributed by atoms with Gasteiger partial charge in [0.15, 0.2) is 11.5 Å². The fraction of sp³-hybridized carbons (Fsp3) is 0.304. The molecule has 1 atom stereocenters. The summed E-state index contributed by atoms with van der Waals surface area (Å²) in [6.07, 6.45) is -4.92. The standard InChI is InChI=1S/C23H23ClF3N7O2/c1-13(21(35)28-10-11-33(2)3)29-22-30-17-7-5-4-6-15(17)20-31-19(32-34(20)22)16-12-14(24)8-9-18(16)36-23(25,26)27/h4-9,12-13H,10-11H2,1-3H3,(H,28,35)(H,29,30)/t13-/m1/s1. The van der Waals surface area contributed by atoms with Gasteiger partial charge in [0.1, 0.15) is 11.8 Å². The number of likely N-dealkylation sites (N-methyl/N-ethyl adjacent to an activating group) is 1. The van der Waals surface area contributed by atoms with E-state index >= 15 is 0 Å². The maximum Gasteiger partial charge on any atom is 0.573 e. The van der Waals surface area contributed by atoms with Gasteiger partial charge < -0.3 is 20.3 Å². The third-order valence-electron chi connectivity index (χ3n) is 5.18. The number of alkyl halides is 3. The minimum absolute atomic E-state index is 0.0481. The number of hydrogen-bond donors (Lipinski definition) is 2. The van der Waals surface area contributed by atoms with Crippen molar-refractivity contribution in [2.75, 3.05) is 32.5 Å². The summed E-state index contributed by atoms with van der Waals surface area (Å²) in [7, 11) is 3.80. The molecule has 0 aliphatic rings. The zero-order valence-corrected chi connectivity index (χ0v) is 20.4. The van der Waals surface area contributed by atoms with Gasteiger partial charge in [0.25, 0.3) is 0 Å². The van der Waals surface area contributed by atoms with E-state index in [4.69, 9.17) is 11.6 Å². The molecule has 0 unspecified atom stereocenters. The molecule has 4 rings (SSSR count). The molecule has 1 amide bonds. The lowest BCUT2D eigenvalue weighted by Gasteiger charge is -2.16. The summed E-state index contributed by atoms with van der Waals surface area (Å²) in [5.41, 5.74) is 0.841. The zero-order valence-electron chi connectivity index (χ0n) is 19.6. The first-order chi connectivity index (χ1) is 17.0. The summed E-state index contributed by atoms with van der Waals surface area (Å²) in [4.78, 5) is 23.6. The molecule has 2 heterocycles. The number of anilines is 1. The first-order valence-electron chi connectivity index (χ1n) is 10.9. The van der Waals surface area contributed by atoms with E-state index in [0.717, 1.165) is 6.07 Å². The number of amides is 1. The number of nitrogens with one attached hydrogen (secondary N) is 2. The first kappa shape index (κ1) is 25.5. The van der Waals surface area contributed by atoms with Crippen LogP contribution in [0.25, 0.3) is 27.9 Å². The number of benzene rings is 2. The van der Waals surface area contributed by atoms with Gasteiger partial charge in [-0.15, -0.1) is 18.3 Å². The van der Waals surface area contributed by atoms with E-state index in [2.05, 4.69) is 30.4 Å². The van der Waals surface area contributed by atoms with Gasteiger partial charge in [-0.05, 0) is 51.4 Å². The second-order valence-corrected chi connectivity index (χ2v) is 8.71. The number of ether oxygens (including phenoxy) is 1. The number of aromatic nitrogens is 4. The quantitative estimate of drug-likeness (QED) is 0.362.